The second kappa shape index (κ2) is 5.81. The SMILES string of the molecule is Oc1c(Br)cccc1[C@@H](C1CCC1)N1CCNCC1. The Morgan fingerprint density at radius 2 is 2.00 bits per heavy atom. The molecule has 2 N–H and O–H groups in total. The van der Waals surface area contributed by atoms with Gasteiger partial charge in [0.2, 0.25) is 0 Å². The highest BCUT2D eigenvalue weighted by molar-refractivity contribution is 9.10. The summed E-state index contributed by atoms with van der Waals surface area (Å²) in [5.41, 5.74) is 1.10. The highest BCUT2D eigenvalue weighted by Crippen LogP contribution is 2.45. The fourth-order valence-corrected chi connectivity index (χ4v) is 3.62. The molecule has 2 fully saturated rings. The molecule has 0 amide bonds. The summed E-state index contributed by atoms with van der Waals surface area (Å²) < 4.78 is 0.810. The number of nitrogens with zero attached hydrogens (tertiary/aromatic N) is 1. The number of para-hydroxylation sites is 1. The summed E-state index contributed by atoms with van der Waals surface area (Å²) >= 11 is 3.45. The molecule has 0 bridgehead atoms. The Bertz CT molecular complexity index is 442. The zero-order chi connectivity index (χ0) is 13.2. The molecule has 1 saturated carbocycles. The van der Waals surface area contributed by atoms with Crippen LogP contribution in [0.2, 0.25) is 0 Å². The molecule has 0 aromatic heterocycles. The van der Waals surface area contributed by atoms with Crippen LogP contribution >= 0.6 is 15.9 Å². The van der Waals surface area contributed by atoms with Gasteiger partial charge in [0, 0.05) is 37.8 Å². The third-order valence-corrected chi connectivity index (χ3v) is 5.12. The molecule has 4 heteroatoms. The molecule has 2 aliphatic rings. The minimum absolute atomic E-state index is 0.383. The first-order valence-electron chi connectivity index (χ1n) is 7.19. The Kier molecular flexibility index (Phi) is 4.10. The quantitative estimate of drug-likeness (QED) is 0.897. The van der Waals surface area contributed by atoms with E-state index in [1.54, 1.807) is 0 Å². The van der Waals surface area contributed by atoms with Gasteiger partial charge in [0.25, 0.3) is 0 Å². The highest BCUT2D eigenvalue weighted by atomic mass is 79.9. The summed E-state index contributed by atoms with van der Waals surface area (Å²) in [4.78, 5) is 2.54. The minimum atomic E-state index is 0.383. The van der Waals surface area contributed by atoms with Crippen molar-refractivity contribution in [1.29, 1.82) is 0 Å². The van der Waals surface area contributed by atoms with Crippen LogP contribution in [0, 0.1) is 5.92 Å². The van der Waals surface area contributed by atoms with Gasteiger partial charge in [0.05, 0.1) is 4.47 Å². The monoisotopic (exact) mass is 324 g/mol. The predicted molar refractivity (Wildman–Crippen MR) is 80.3 cm³/mol. The van der Waals surface area contributed by atoms with Gasteiger partial charge in [-0.1, -0.05) is 18.6 Å². The van der Waals surface area contributed by atoms with E-state index in [-0.39, 0.29) is 0 Å². The van der Waals surface area contributed by atoms with Crippen molar-refractivity contribution in [2.45, 2.75) is 25.3 Å². The highest BCUT2D eigenvalue weighted by Gasteiger charge is 2.35. The van der Waals surface area contributed by atoms with Gasteiger partial charge in [-0.2, -0.15) is 0 Å². The number of nitrogens with one attached hydrogen (secondary N) is 1. The first-order valence-corrected chi connectivity index (χ1v) is 7.99. The Balaban J connectivity index is 1.91. The molecule has 0 unspecified atom stereocenters. The molecule has 0 spiro atoms. The number of aromatic hydroxyl groups is 1. The van der Waals surface area contributed by atoms with E-state index in [1.807, 2.05) is 12.1 Å². The largest absolute Gasteiger partial charge is 0.506 e. The third-order valence-electron chi connectivity index (χ3n) is 4.48. The summed E-state index contributed by atoms with van der Waals surface area (Å²) in [5.74, 6) is 1.14. The number of benzene rings is 1. The number of rotatable bonds is 3. The van der Waals surface area contributed by atoms with Crippen LogP contribution in [-0.4, -0.2) is 36.2 Å². The Morgan fingerprint density at radius 3 is 2.63 bits per heavy atom. The average molecular weight is 325 g/mol. The van der Waals surface area contributed by atoms with Crippen LogP contribution in [0.15, 0.2) is 22.7 Å². The molecule has 3 rings (SSSR count). The number of phenols is 1. The zero-order valence-corrected chi connectivity index (χ0v) is 12.7. The molecular weight excluding hydrogens is 304 g/mol. The van der Waals surface area contributed by atoms with Crippen LogP contribution in [0.3, 0.4) is 0 Å². The van der Waals surface area contributed by atoms with Crippen molar-refractivity contribution in [3.05, 3.63) is 28.2 Å². The number of phenolic OH excluding ortho intramolecular Hbond substituents is 1. The van der Waals surface area contributed by atoms with Crippen LogP contribution in [0.1, 0.15) is 30.9 Å². The Hall–Kier alpha value is -0.580. The number of halogens is 1. The van der Waals surface area contributed by atoms with E-state index in [0.717, 1.165) is 36.2 Å². The van der Waals surface area contributed by atoms with E-state index in [0.29, 0.717) is 17.7 Å². The molecule has 0 radical (unpaired) electrons. The number of piperazine rings is 1. The molecule has 1 aromatic carbocycles. The normalized spacial score (nSPS) is 23.0. The lowest BCUT2D eigenvalue weighted by molar-refractivity contribution is 0.0819. The van der Waals surface area contributed by atoms with Gasteiger partial charge >= 0.3 is 0 Å². The standard InChI is InChI=1S/C15H21BrN2O/c16-13-6-2-5-12(15(13)19)14(11-3-1-4-11)18-9-7-17-8-10-18/h2,5-6,11,14,17,19H,1,3-4,7-10H2/t14-/m1/s1. The molecule has 19 heavy (non-hydrogen) atoms. The van der Waals surface area contributed by atoms with E-state index in [2.05, 4.69) is 32.2 Å². The third kappa shape index (κ3) is 2.67. The lowest BCUT2D eigenvalue weighted by atomic mass is 9.76. The second-order valence-electron chi connectivity index (χ2n) is 5.60. The molecule has 1 aromatic rings. The molecule has 1 atom stereocenters. The van der Waals surface area contributed by atoms with Crippen LogP contribution in [0.5, 0.6) is 5.75 Å². The summed E-state index contributed by atoms with van der Waals surface area (Å²) in [7, 11) is 0. The van der Waals surface area contributed by atoms with Gasteiger partial charge in [0.1, 0.15) is 5.75 Å². The topological polar surface area (TPSA) is 35.5 Å². The number of hydrogen-bond donors (Lipinski definition) is 2. The van der Waals surface area contributed by atoms with Crippen LogP contribution in [0.25, 0.3) is 0 Å². The molecule has 3 nitrogen and oxygen atoms in total. The van der Waals surface area contributed by atoms with E-state index < -0.39 is 0 Å². The molecule has 1 heterocycles. The summed E-state index contributed by atoms with van der Waals surface area (Å²) in [6, 6.07) is 6.42. The van der Waals surface area contributed by atoms with Crippen molar-refractivity contribution in [2.75, 3.05) is 26.2 Å². The zero-order valence-electron chi connectivity index (χ0n) is 11.1. The maximum Gasteiger partial charge on any atom is 0.134 e. The average Bonchev–Trinajstić information content (AvgIpc) is 2.38. The predicted octanol–water partition coefficient (Wildman–Crippen LogP) is 2.90. The van der Waals surface area contributed by atoms with Gasteiger partial charge in [-0.25, -0.2) is 0 Å². The summed E-state index contributed by atoms with van der Waals surface area (Å²) in [6.07, 6.45) is 3.92. The van der Waals surface area contributed by atoms with Crippen molar-refractivity contribution in [2.24, 2.45) is 5.92 Å². The van der Waals surface area contributed by atoms with Crippen molar-refractivity contribution in [1.82, 2.24) is 10.2 Å². The van der Waals surface area contributed by atoms with E-state index in [1.165, 1.54) is 19.3 Å². The van der Waals surface area contributed by atoms with Gasteiger partial charge in [-0.05, 0) is 40.8 Å². The van der Waals surface area contributed by atoms with Crippen molar-refractivity contribution in [3.63, 3.8) is 0 Å². The lowest BCUT2D eigenvalue weighted by Crippen LogP contribution is -2.47. The summed E-state index contributed by atoms with van der Waals surface area (Å²) in [6.45, 7) is 4.26. The van der Waals surface area contributed by atoms with Crippen LogP contribution in [0.4, 0.5) is 0 Å². The fraction of sp³-hybridized carbons (Fsp3) is 0.600. The Labute approximate surface area is 123 Å². The van der Waals surface area contributed by atoms with Crippen molar-refractivity contribution in [3.8, 4) is 5.75 Å². The van der Waals surface area contributed by atoms with Crippen LogP contribution < -0.4 is 5.32 Å². The Morgan fingerprint density at radius 1 is 1.26 bits per heavy atom. The van der Waals surface area contributed by atoms with E-state index >= 15 is 0 Å². The maximum atomic E-state index is 10.4. The van der Waals surface area contributed by atoms with Gasteiger partial charge in [-0.15, -0.1) is 0 Å². The summed E-state index contributed by atoms with van der Waals surface area (Å²) in [5, 5.41) is 13.8. The minimum Gasteiger partial charge on any atom is -0.506 e. The first kappa shape index (κ1) is 13.4. The lowest BCUT2D eigenvalue weighted by Gasteiger charge is -2.43. The van der Waals surface area contributed by atoms with Gasteiger partial charge in [-0.3, -0.25) is 4.90 Å². The molecule has 1 saturated heterocycles. The van der Waals surface area contributed by atoms with Crippen molar-refractivity contribution < 1.29 is 5.11 Å². The maximum absolute atomic E-state index is 10.4. The molecule has 104 valence electrons. The van der Waals surface area contributed by atoms with Gasteiger partial charge in [0.15, 0.2) is 0 Å². The second-order valence-corrected chi connectivity index (χ2v) is 6.45. The van der Waals surface area contributed by atoms with Crippen LogP contribution in [-0.2, 0) is 0 Å². The fourth-order valence-electron chi connectivity index (χ4n) is 3.24. The molecule has 1 aliphatic carbocycles. The number of hydrogen-bond acceptors (Lipinski definition) is 3. The van der Waals surface area contributed by atoms with E-state index in [4.69, 9.17) is 0 Å². The molecular formula is C15H21BrN2O. The first-order chi connectivity index (χ1) is 9.27. The van der Waals surface area contributed by atoms with Gasteiger partial charge < -0.3 is 10.4 Å². The smallest absolute Gasteiger partial charge is 0.134 e. The van der Waals surface area contributed by atoms with E-state index in [9.17, 15) is 5.11 Å². The molecule has 1 aliphatic heterocycles. The van der Waals surface area contributed by atoms with Crippen molar-refractivity contribution >= 4 is 15.9 Å².